The summed E-state index contributed by atoms with van der Waals surface area (Å²) >= 11 is 0. The average molecular weight is 384 g/mol. The van der Waals surface area contributed by atoms with E-state index in [1.54, 1.807) is 11.8 Å². The Morgan fingerprint density at radius 2 is 2.00 bits per heavy atom. The number of hydrogen-bond donors (Lipinski definition) is 2. The van der Waals surface area contributed by atoms with E-state index in [4.69, 9.17) is 4.52 Å². The Balaban J connectivity index is 1.35. The van der Waals surface area contributed by atoms with Crippen molar-refractivity contribution in [1.82, 2.24) is 20.4 Å². The highest BCUT2D eigenvalue weighted by atomic mass is 16.5. The van der Waals surface area contributed by atoms with Crippen LogP contribution in [0, 0.1) is 6.92 Å². The van der Waals surface area contributed by atoms with E-state index in [2.05, 4.69) is 39.7 Å². The molecule has 0 radical (unpaired) electrons. The average Bonchev–Trinajstić information content (AvgIpc) is 3.32. The van der Waals surface area contributed by atoms with Gasteiger partial charge in [0.05, 0.1) is 6.10 Å². The van der Waals surface area contributed by atoms with E-state index in [0.29, 0.717) is 30.6 Å². The van der Waals surface area contributed by atoms with Crippen molar-refractivity contribution in [2.24, 2.45) is 0 Å². The Morgan fingerprint density at radius 3 is 2.68 bits per heavy atom. The maximum atomic E-state index is 12.7. The van der Waals surface area contributed by atoms with Gasteiger partial charge in [0.25, 0.3) is 0 Å². The molecule has 0 bridgehead atoms. The second kappa shape index (κ2) is 8.31. The van der Waals surface area contributed by atoms with Gasteiger partial charge in [0.15, 0.2) is 5.82 Å². The number of urea groups is 1. The lowest BCUT2D eigenvalue weighted by Crippen LogP contribution is -2.40. The summed E-state index contributed by atoms with van der Waals surface area (Å²) < 4.78 is 5.22. The first-order valence-electron chi connectivity index (χ1n) is 10.2. The minimum atomic E-state index is -0.585. The minimum Gasteiger partial charge on any atom is -0.391 e. The van der Waals surface area contributed by atoms with Gasteiger partial charge in [-0.05, 0) is 36.8 Å². The van der Waals surface area contributed by atoms with Crippen molar-refractivity contribution in [1.29, 1.82) is 0 Å². The number of β-amino-alcohol motifs (C(OH)–C–C–N with tert-alkyl or cyclic N) is 1. The first-order valence-corrected chi connectivity index (χ1v) is 10.2. The van der Waals surface area contributed by atoms with Crippen molar-refractivity contribution in [2.45, 2.75) is 70.1 Å². The number of aryl methyl sites for hydroxylation is 1. The van der Waals surface area contributed by atoms with E-state index in [9.17, 15) is 9.90 Å². The molecule has 2 heterocycles. The fourth-order valence-corrected chi connectivity index (χ4v) is 4.34. The summed E-state index contributed by atoms with van der Waals surface area (Å²) in [5, 5.41) is 16.8. The number of rotatable bonds is 4. The van der Waals surface area contributed by atoms with Crippen molar-refractivity contribution in [3.8, 4) is 0 Å². The fraction of sp³-hybridized carbons (Fsp3) is 0.571. The van der Waals surface area contributed by atoms with E-state index in [-0.39, 0.29) is 18.6 Å². The number of amides is 2. The number of nitrogens with one attached hydrogen (secondary N) is 1. The molecule has 28 heavy (non-hydrogen) atoms. The third kappa shape index (κ3) is 4.19. The van der Waals surface area contributed by atoms with Gasteiger partial charge in [-0.2, -0.15) is 4.98 Å². The van der Waals surface area contributed by atoms with Crippen LogP contribution in [-0.4, -0.2) is 38.8 Å². The van der Waals surface area contributed by atoms with Crippen molar-refractivity contribution < 1.29 is 14.4 Å². The standard InChI is InChI=1S/C21H28N4O3/c1-14-23-20(28-24-14)19-11-18(26)13-25(19)21(27)22-12-15-7-9-17(10-8-15)16-5-3-2-4-6-16/h7-10,16,18-19,26H,2-6,11-13H2,1H3,(H,22,27)/t18-,19+/m0/s1. The predicted octanol–water partition coefficient (Wildman–Crippen LogP) is 3.44. The molecular weight excluding hydrogens is 356 g/mol. The third-order valence-electron chi connectivity index (χ3n) is 5.87. The minimum absolute atomic E-state index is 0.228. The van der Waals surface area contributed by atoms with Gasteiger partial charge in [-0.1, -0.05) is 48.7 Å². The number of hydrogen-bond acceptors (Lipinski definition) is 5. The molecule has 150 valence electrons. The molecule has 4 rings (SSSR count). The summed E-state index contributed by atoms with van der Waals surface area (Å²) in [6.45, 7) is 2.45. The van der Waals surface area contributed by atoms with E-state index in [1.165, 1.54) is 37.7 Å². The Kier molecular flexibility index (Phi) is 5.62. The summed E-state index contributed by atoms with van der Waals surface area (Å²) in [5.74, 6) is 1.58. The maximum absolute atomic E-state index is 12.7. The molecule has 2 aromatic rings. The molecule has 1 saturated heterocycles. The molecule has 7 heteroatoms. The summed E-state index contributed by atoms with van der Waals surface area (Å²) in [4.78, 5) is 18.5. The number of benzene rings is 1. The molecule has 2 aliphatic rings. The van der Waals surface area contributed by atoms with E-state index in [0.717, 1.165) is 5.56 Å². The molecule has 2 N–H and O–H groups in total. The van der Waals surface area contributed by atoms with Gasteiger partial charge in [0.2, 0.25) is 5.89 Å². The van der Waals surface area contributed by atoms with Gasteiger partial charge in [-0.3, -0.25) is 0 Å². The largest absolute Gasteiger partial charge is 0.391 e. The Morgan fingerprint density at radius 1 is 1.25 bits per heavy atom. The summed E-state index contributed by atoms with van der Waals surface area (Å²) in [7, 11) is 0. The third-order valence-corrected chi connectivity index (χ3v) is 5.87. The smallest absolute Gasteiger partial charge is 0.318 e. The highest BCUT2D eigenvalue weighted by Crippen LogP contribution is 2.33. The summed E-state index contributed by atoms with van der Waals surface area (Å²) in [6, 6.07) is 7.98. The van der Waals surface area contributed by atoms with Crippen LogP contribution in [0.2, 0.25) is 0 Å². The van der Waals surface area contributed by atoms with Crippen LogP contribution in [0.5, 0.6) is 0 Å². The first-order chi connectivity index (χ1) is 13.6. The lowest BCUT2D eigenvalue weighted by molar-refractivity contribution is 0.166. The summed E-state index contributed by atoms with van der Waals surface area (Å²) in [6.07, 6.45) is 6.39. The zero-order valence-electron chi connectivity index (χ0n) is 16.3. The second-order valence-corrected chi connectivity index (χ2v) is 7.97. The quantitative estimate of drug-likeness (QED) is 0.842. The van der Waals surface area contributed by atoms with Crippen LogP contribution in [0.25, 0.3) is 0 Å². The number of nitrogens with zero attached hydrogens (tertiary/aromatic N) is 3. The number of likely N-dealkylation sites (tertiary alicyclic amines) is 1. The molecular formula is C21H28N4O3. The van der Waals surface area contributed by atoms with Crippen LogP contribution < -0.4 is 5.32 Å². The van der Waals surface area contributed by atoms with E-state index < -0.39 is 6.10 Å². The van der Waals surface area contributed by atoms with Crippen LogP contribution in [-0.2, 0) is 6.54 Å². The predicted molar refractivity (Wildman–Crippen MR) is 104 cm³/mol. The first kappa shape index (κ1) is 18.9. The highest BCUT2D eigenvalue weighted by molar-refractivity contribution is 5.75. The van der Waals surface area contributed by atoms with Crippen LogP contribution in [0.3, 0.4) is 0 Å². The number of aliphatic hydroxyl groups is 1. The van der Waals surface area contributed by atoms with E-state index in [1.807, 2.05) is 0 Å². The fourth-order valence-electron chi connectivity index (χ4n) is 4.34. The lowest BCUT2D eigenvalue weighted by Gasteiger charge is -2.23. The molecule has 1 aliphatic heterocycles. The van der Waals surface area contributed by atoms with Crippen molar-refractivity contribution in [2.75, 3.05) is 6.54 Å². The molecule has 0 unspecified atom stereocenters. The molecule has 1 aromatic carbocycles. The van der Waals surface area contributed by atoms with Crippen LogP contribution >= 0.6 is 0 Å². The summed E-state index contributed by atoms with van der Waals surface area (Å²) in [5.41, 5.74) is 2.47. The van der Waals surface area contributed by atoms with Crippen molar-refractivity contribution >= 4 is 6.03 Å². The van der Waals surface area contributed by atoms with Gasteiger partial charge in [-0.15, -0.1) is 0 Å². The van der Waals surface area contributed by atoms with Gasteiger partial charge in [0.1, 0.15) is 6.04 Å². The normalized spacial score (nSPS) is 23.1. The van der Waals surface area contributed by atoms with Crippen LogP contribution in [0.15, 0.2) is 28.8 Å². The number of carbonyl (C=O) groups excluding carboxylic acids is 1. The van der Waals surface area contributed by atoms with Gasteiger partial charge < -0.3 is 19.8 Å². The van der Waals surface area contributed by atoms with E-state index >= 15 is 0 Å². The number of carbonyl (C=O) groups is 1. The molecule has 0 spiro atoms. The number of aromatic nitrogens is 2. The van der Waals surface area contributed by atoms with Crippen LogP contribution in [0.1, 0.15) is 73.3 Å². The van der Waals surface area contributed by atoms with Gasteiger partial charge >= 0.3 is 6.03 Å². The SMILES string of the molecule is Cc1noc([C@H]2C[C@H](O)CN2C(=O)NCc2ccc(C3CCCCC3)cc2)n1. The van der Waals surface area contributed by atoms with Crippen molar-refractivity contribution in [3.05, 3.63) is 47.1 Å². The van der Waals surface area contributed by atoms with Gasteiger partial charge in [0, 0.05) is 19.5 Å². The Hall–Kier alpha value is -2.41. The Labute approximate surface area is 165 Å². The molecule has 7 nitrogen and oxygen atoms in total. The molecule has 2 atom stereocenters. The number of aliphatic hydroxyl groups excluding tert-OH is 1. The lowest BCUT2D eigenvalue weighted by atomic mass is 9.84. The Bertz CT molecular complexity index is 798. The topological polar surface area (TPSA) is 91.5 Å². The molecule has 1 aromatic heterocycles. The molecule has 2 amide bonds. The molecule has 1 saturated carbocycles. The van der Waals surface area contributed by atoms with Crippen molar-refractivity contribution in [3.63, 3.8) is 0 Å². The maximum Gasteiger partial charge on any atom is 0.318 e. The van der Waals surface area contributed by atoms with Gasteiger partial charge in [-0.25, -0.2) is 4.79 Å². The monoisotopic (exact) mass is 384 g/mol. The molecule has 2 fully saturated rings. The van der Waals surface area contributed by atoms with Crippen LogP contribution in [0.4, 0.5) is 4.79 Å². The zero-order chi connectivity index (χ0) is 19.5. The second-order valence-electron chi connectivity index (χ2n) is 7.97. The molecule has 1 aliphatic carbocycles. The highest BCUT2D eigenvalue weighted by Gasteiger charge is 2.38. The zero-order valence-corrected chi connectivity index (χ0v) is 16.3.